The fraction of sp³-hybridized carbons (Fsp3) is 0.462. The van der Waals surface area contributed by atoms with Crippen LogP contribution in [-0.4, -0.2) is 33.0 Å². The topological polar surface area (TPSA) is 57.8 Å². The van der Waals surface area contributed by atoms with Crippen LogP contribution >= 0.6 is 12.4 Å². The third kappa shape index (κ3) is 3.35. The summed E-state index contributed by atoms with van der Waals surface area (Å²) in [6.07, 6.45) is 2.35. The molecule has 104 valence electrons. The van der Waals surface area contributed by atoms with Gasteiger partial charge in [-0.1, -0.05) is 12.1 Å². The van der Waals surface area contributed by atoms with E-state index in [1.165, 1.54) is 12.8 Å². The van der Waals surface area contributed by atoms with Crippen LogP contribution in [0, 0.1) is 5.92 Å². The van der Waals surface area contributed by atoms with E-state index >= 15 is 0 Å². The largest absolute Gasteiger partial charge is 0.331 e. The molecule has 4 nitrogen and oxygen atoms in total. The van der Waals surface area contributed by atoms with Crippen LogP contribution in [0.15, 0.2) is 29.4 Å². The monoisotopic (exact) mass is 299 g/mol. The Kier molecular flexibility index (Phi) is 4.96. The van der Waals surface area contributed by atoms with Crippen molar-refractivity contribution in [2.75, 3.05) is 18.8 Å². The number of fused-ring (bicyclic) bond motifs is 1. The van der Waals surface area contributed by atoms with E-state index in [0.29, 0.717) is 16.8 Å². The van der Waals surface area contributed by atoms with E-state index in [1.54, 1.807) is 0 Å². The minimum Gasteiger partial charge on any atom is -0.331 e. The Hall–Kier alpha value is -0.910. The SMILES string of the molecule is Cl.O=S(CC1CCCNC1)c1nc2ccccc2[nH]1. The molecule has 1 saturated heterocycles. The number of halogens is 1. The summed E-state index contributed by atoms with van der Waals surface area (Å²) in [6, 6.07) is 7.80. The minimum absolute atomic E-state index is 0. The molecule has 1 aromatic carbocycles. The van der Waals surface area contributed by atoms with Gasteiger partial charge in [0.1, 0.15) is 0 Å². The molecule has 0 bridgehead atoms. The summed E-state index contributed by atoms with van der Waals surface area (Å²) in [5.74, 6) is 1.21. The highest BCUT2D eigenvalue weighted by molar-refractivity contribution is 7.84. The predicted octanol–water partition coefficient (Wildman–Crippen LogP) is 2.09. The van der Waals surface area contributed by atoms with Crippen molar-refractivity contribution in [1.82, 2.24) is 15.3 Å². The molecule has 2 atom stereocenters. The van der Waals surface area contributed by atoms with E-state index in [4.69, 9.17) is 0 Å². The van der Waals surface area contributed by atoms with Gasteiger partial charge in [0.05, 0.1) is 21.8 Å². The number of benzene rings is 1. The number of imidazole rings is 1. The predicted molar refractivity (Wildman–Crippen MR) is 80.2 cm³/mol. The summed E-state index contributed by atoms with van der Waals surface area (Å²) in [7, 11) is -1.02. The molecular formula is C13H18ClN3OS. The quantitative estimate of drug-likeness (QED) is 0.912. The fourth-order valence-corrected chi connectivity index (χ4v) is 3.69. The number of hydrogen-bond donors (Lipinski definition) is 2. The molecule has 0 radical (unpaired) electrons. The summed E-state index contributed by atoms with van der Waals surface area (Å²) >= 11 is 0. The van der Waals surface area contributed by atoms with Gasteiger partial charge < -0.3 is 10.3 Å². The molecule has 0 aliphatic carbocycles. The van der Waals surface area contributed by atoms with Crippen LogP contribution in [0.4, 0.5) is 0 Å². The van der Waals surface area contributed by atoms with E-state index in [9.17, 15) is 4.21 Å². The second kappa shape index (κ2) is 6.50. The summed E-state index contributed by atoms with van der Waals surface area (Å²) in [6.45, 7) is 2.07. The van der Waals surface area contributed by atoms with Crippen molar-refractivity contribution in [3.63, 3.8) is 0 Å². The Morgan fingerprint density at radius 1 is 1.37 bits per heavy atom. The highest BCUT2D eigenvalue weighted by Crippen LogP contribution is 2.17. The number of aromatic nitrogens is 2. The smallest absolute Gasteiger partial charge is 0.197 e. The van der Waals surface area contributed by atoms with E-state index < -0.39 is 10.8 Å². The Bertz CT molecular complexity index is 533. The van der Waals surface area contributed by atoms with Gasteiger partial charge in [0.25, 0.3) is 0 Å². The first kappa shape index (κ1) is 14.5. The summed E-state index contributed by atoms with van der Waals surface area (Å²) in [5.41, 5.74) is 1.85. The Labute approximate surface area is 121 Å². The Balaban J connectivity index is 0.00000133. The summed E-state index contributed by atoms with van der Waals surface area (Å²) in [4.78, 5) is 7.56. The van der Waals surface area contributed by atoms with Crippen molar-refractivity contribution in [1.29, 1.82) is 0 Å². The van der Waals surface area contributed by atoms with E-state index in [2.05, 4.69) is 15.3 Å². The van der Waals surface area contributed by atoms with Crippen molar-refractivity contribution in [2.45, 2.75) is 18.0 Å². The van der Waals surface area contributed by atoms with Gasteiger partial charge in [-0.25, -0.2) is 4.98 Å². The molecule has 6 heteroatoms. The molecule has 1 aliphatic rings. The number of para-hydroxylation sites is 2. The third-order valence-electron chi connectivity index (χ3n) is 3.37. The van der Waals surface area contributed by atoms with E-state index in [-0.39, 0.29) is 12.4 Å². The zero-order valence-corrected chi connectivity index (χ0v) is 12.2. The van der Waals surface area contributed by atoms with Gasteiger partial charge in [0.15, 0.2) is 5.16 Å². The maximum Gasteiger partial charge on any atom is 0.197 e. The number of H-pyrrole nitrogens is 1. The maximum atomic E-state index is 12.3. The molecule has 2 heterocycles. The van der Waals surface area contributed by atoms with Gasteiger partial charge in [-0.2, -0.15) is 0 Å². The van der Waals surface area contributed by atoms with Crippen LogP contribution in [0.2, 0.25) is 0 Å². The van der Waals surface area contributed by atoms with Crippen molar-refractivity contribution < 1.29 is 4.21 Å². The van der Waals surface area contributed by atoms with Crippen LogP contribution in [0.3, 0.4) is 0 Å². The molecular weight excluding hydrogens is 282 g/mol. The van der Waals surface area contributed by atoms with E-state index in [1.807, 2.05) is 24.3 Å². The summed E-state index contributed by atoms with van der Waals surface area (Å²) < 4.78 is 12.3. The molecule has 1 aliphatic heterocycles. The standard InChI is InChI=1S/C13H17N3OS.ClH/c17-18(9-10-4-3-7-14-8-10)13-15-11-5-1-2-6-12(11)16-13;/h1-2,5-6,10,14H,3-4,7-9H2,(H,15,16);1H. The molecule has 2 aromatic rings. The number of hydrogen-bond acceptors (Lipinski definition) is 3. The first-order valence-electron chi connectivity index (χ1n) is 6.37. The Morgan fingerprint density at radius 2 is 2.21 bits per heavy atom. The number of rotatable bonds is 3. The van der Waals surface area contributed by atoms with Crippen LogP contribution in [0.5, 0.6) is 0 Å². The lowest BCUT2D eigenvalue weighted by molar-refractivity contribution is 0.407. The van der Waals surface area contributed by atoms with Crippen molar-refractivity contribution in [2.24, 2.45) is 5.92 Å². The molecule has 0 amide bonds. The Morgan fingerprint density at radius 3 is 2.95 bits per heavy atom. The molecule has 3 rings (SSSR count). The highest BCUT2D eigenvalue weighted by atomic mass is 35.5. The highest BCUT2D eigenvalue weighted by Gasteiger charge is 2.18. The maximum absolute atomic E-state index is 12.3. The zero-order valence-electron chi connectivity index (χ0n) is 10.6. The lowest BCUT2D eigenvalue weighted by Crippen LogP contribution is -2.32. The average molecular weight is 300 g/mol. The van der Waals surface area contributed by atoms with Crippen molar-refractivity contribution in [3.8, 4) is 0 Å². The van der Waals surface area contributed by atoms with Crippen molar-refractivity contribution in [3.05, 3.63) is 24.3 Å². The molecule has 0 spiro atoms. The normalized spacial score (nSPS) is 20.9. The van der Waals surface area contributed by atoms with Gasteiger partial charge in [-0.3, -0.25) is 4.21 Å². The van der Waals surface area contributed by atoms with Crippen LogP contribution in [0.25, 0.3) is 11.0 Å². The first-order chi connectivity index (χ1) is 8.83. The second-order valence-electron chi connectivity index (χ2n) is 4.78. The van der Waals surface area contributed by atoms with E-state index in [0.717, 1.165) is 24.1 Å². The van der Waals surface area contributed by atoms with Crippen molar-refractivity contribution >= 4 is 34.2 Å². The number of nitrogens with zero attached hydrogens (tertiary/aromatic N) is 1. The van der Waals surface area contributed by atoms with Gasteiger partial charge >= 0.3 is 0 Å². The minimum atomic E-state index is -1.02. The van der Waals surface area contributed by atoms with Crippen LogP contribution < -0.4 is 5.32 Å². The van der Waals surface area contributed by atoms with Gasteiger partial charge in [0.2, 0.25) is 0 Å². The zero-order chi connectivity index (χ0) is 12.4. The molecule has 19 heavy (non-hydrogen) atoms. The van der Waals surface area contributed by atoms with Crippen LogP contribution in [-0.2, 0) is 10.8 Å². The molecule has 1 aromatic heterocycles. The first-order valence-corrected chi connectivity index (χ1v) is 7.68. The molecule has 0 saturated carbocycles. The third-order valence-corrected chi connectivity index (χ3v) is 4.77. The lowest BCUT2D eigenvalue weighted by Gasteiger charge is -2.21. The molecule has 1 fully saturated rings. The van der Waals surface area contributed by atoms with Crippen LogP contribution in [0.1, 0.15) is 12.8 Å². The lowest BCUT2D eigenvalue weighted by atomic mass is 10.0. The average Bonchev–Trinajstić information content (AvgIpc) is 2.84. The fourth-order valence-electron chi connectivity index (χ4n) is 2.40. The number of aromatic amines is 1. The summed E-state index contributed by atoms with van der Waals surface area (Å²) in [5, 5.41) is 3.97. The number of nitrogens with one attached hydrogen (secondary N) is 2. The second-order valence-corrected chi connectivity index (χ2v) is 6.19. The molecule has 2 N–H and O–H groups in total. The van der Waals surface area contributed by atoms with Gasteiger partial charge in [0, 0.05) is 5.75 Å². The molecule has 2 unspecified atom stereocenters. The van der Waals surface area contributed by atoms with Gasteiger partial charge in [-0.05, 0) is 44.0 Å². The van der Waals surface area contributed by atoms with Gasteiger partial charge in [-0.15, -0.1) is 12.4 Å². The number of piperidine rings is 1.